The van der Waals surface area contributed by atoms with E-state index in [9.17, 15) is 13.2 Å². The summed E-state index contributed by atoms with van der Waals surface area (Å²) in [6, 6.07) is 0. The Labute approximate surface area is 84.2 Å². The first-order valence-corrected chi connectivity index (χ1v) is 6.47. The average Bonchev–Trinajstić information content (AvgIpc) is 2.43. The van der Waals surface area contributed by atoms with Gasteiger partial charge >= 0.3 is 0 Å². The monoisotopic (exact) mass is 220 g/mol. The normalized spacial score (nSPS) is 24.8. The van der Waals surface area contributed by atoms with Crippen LogP contribution in [0.25, 0.3) is 0 Å². The standard InChI is InChI=1S/C8H16N2O3S/c1-9-5-8(11)10-4-7-2-3-14(12,13)6-7/h7,9H,2-6H2,1H3,(H,10,11). The van der Waals surface area contributed by atoms with Crippen LogP contribution in [0.1, 0.15) is 6.42 Å². The number of nitrogens with one attached hydrogen (secondary N) is 2. The van der Waals surface area contributed by atoms with Crippen LogP contribution in [0.15, 0.2) is 0 Å². The van der Waals surface area contributed by atoms with Crippen LogP contribution in [0, 0.1) is 5.92 Å². The van der Waals surface area contributed by atoms with Gasteiger partial charge in [0, 0.05) is 6.54 Å². The van der Waals surface area contributed by atoms with Gasteiger partial charge in [-0.15, -0.1) is 0 Å². The first-order chi connectivity index (χ1) is 6.53. The van der Waals surface area contributed by atoms with Crippen molar-refractivity contribution in [1.29, 1.82) is 0 Å². The molecule has 1 atom stereocenters. The molecule has 1 fully saturated rings. The molecule has 0 radical (unpaired) electrons. The molecule has 0 spiro atoms. The van der Waals surface area contributed by atoms with Crippen molar-refractivity contribution in [3.8, 4) is 0 Å². The lowest BCUT2D eigenvalue weighted by molar-refractivity contribution is -0.120. The van der Waals surface area contributed by atoms with Gasteiger partial charge in [-0.2, -0.15) is 0 Å². The van der Waals surface area contributed by atoms with E-state index in [4.69, 9.17) is 0 Å². The quantitative estimate of drug-likeness (QED) is 0.621. The van der Waals surface area contributed by atoms with E-state index in [0.29, 0.717) is 13.0 Å². The predicted octanol–water partition coefficient (Wildman–Crippen LogP) is -1.24. The van der Waals surface area contributed by atoms with Gasteiger partial charge in [0.15, 0.2) is 9.84 Å². The fourth-order valence-corrected chi connectivity index (χ4v) is 3.38. The van der Waals surface area contributed by atoms with E-state index in [0.717, 1.165) is 0 Å². The molecule has 1 rings (SSSR count). The molecule has 1 unspecified atom stereocenters. The van der Waals surface area contributed by atoms with Crippen molar-refractivity contribution >= 4 is 15.7 Å². The molecule has 2 N–H and O–H groups in total. The molecule has 14 heavy (non-hydrogen) atoms. The van der Waals surface area contributed by atoms with Gasteiger partial charge in [0.2, 0.25) is 5.91 Å². The van der Waals surface area contributed by atoms with Crippen molar-refractivity contribution in [2.45, 2.75) is 6.42 Å². The Hall–Kier alpha value is -0.620. The molecule has 0 saturated carbocycles. The zero-order valence-electron chi connectivity index (χ0n) is 8.25. The van der Waals surface area contributed by atoms with Crippen LogP contribution in [0.4, 0.5) is 0 Å². The Bertz CT molecular complexity index is 300. The largest absolute Gasteiger partial charge is 0.355 e. The van der Waals surface area contributed by atoms with Crippen molar-refractivity contribution < 1.29 is 13.2 Å². The summed E-state index contributed by atoms with van der Waals surface area (Å²) in [7, 11) is -1.13. The average molecular weight is 220 g/mol. The minimum atomic E-state index is -2.82. The number of rotatable bonds is 4. The van der Waals surface area contributed by atoms with Crippen LogP contribution in [0.2, 0.25) is 0 Å². The molecular formula is C8H16N2O3S. The van der Waals surface area contributed by atoms with E-state index >= 15 is 0 Å². The molecule has 6 heteroatoms. The SMILES string of the molecule is CNCC(=O)NCC1CCS(=O)(=O)C1. The molecular weight excluding hydrogens is 204 g/mol. The smallest absolute Gasteiger partial charge is 0.233 e. The van der Waals surface area contributed by atoms with Gasteiger partial charge in [-0.05, 0) is 19.4 Å². The molecule has 1 aliphatic rings. The number of sulfone groups is 1. The molecule has 0 aliphatic carbocycles. The molecule has 82 valence electrons. The summed E-state index contributed by atoms with van der Waals surface area (Å²) in [5.41, 5.74) is 0. The van der Waals surface area contributed by atoms with Gasteiger partial charge in [-0.1, -0.05) is 0 Å². The second-order valence-electron chi connectivity index (χ2n) is 3.60. The van der Waals surface area contributed by atoms with E-state index < -0.39 is 9.84 Å². The fourth-order valence-electron chi connectivity index (χ4n) is 1.51. The Kier molecular flexibility index (Phi) is 3.88. The minimum absolute atomic E-state index is 0.0863. The summed E-state index contributed by atoms with van der Waals surface area (Å²) in [5, 5.41) is 5.43. The Balaban J connectivity index is 2.24. The van der Waals surface area contributed by atoms with Crippen LogP contribution >= 0.6 is 0 Å². The maximum atomic E-state index is 11.1. The number of amides is 1. The highest BCUT2D eigenvalue weighted by atomic mass is 32.2. The van der Waals surface area contributed by atoms with Crippen molar-refractivity contribution in [2.24, 2.45) is 5.92 Å². The van der Waals surface area contributed by atoms with Crippen LogP contribution in [0.3, 0.4) is 0 Å². The van der Waals surface area contributed by atoms with Gasteiger partial charge in [0.05, 0.1) is 18.1 Å². The summed E-state index contributed by atoms with van der Waals surface area (Å²) >= 11 is 0. The summed E-state index contributed by atoms with van der Waals surface area (Å²) < 4.78 is 22.2. The lowest BCUT2D eigenvalue weighted by atomic mass is 10.1. The number of likely N-dealkylation sites (N-methyl/N-ethyl adjacent to an activating group) is 1. The Morgan fingerprint density at radius 1 is 1.50 bits per heavy atom. The number of carbonyl (C=O) groups excluding carboxylic acids is 1. The van der Waals surface area contributed by atoms with Gasteiger partial charge in [-0.3, -0.25) is 4.79 Å². The number of hydrogen-bond donors (Lipinski definition) is 2. The molecule has 0 aromatic rings. The highest BCUT2D eigenvalue weighted by molar-refractivity contribution is 7.91. The Morgan fingerprint density at radius 3 is 2.71 bits per heavy atom. The van der Waals surface area contributed by atoms with E-state index in [1.165, 1.54) is 0 Å². The van der Waals surface area contributed by atoms with Crippen molar-refractivity contribution in [2.75, 3.05) is 31.6 Å². The molecule has 1 heterocycles. The second kappa shape index (κ2) is 4.75. The lowest BCUT2D eigenvalue weighted by Crippen LogP contribution is -2.35. The van der Waals surface area contributed by atoms with Gasteiger partial charge in [0.1, 0.15) is 0 Å². The van der Waals surface area contributed by atoms with Crippen molar-refractivity contribution in [3.63, 3.8) is 0 Å². The molecule has 1 aliphatic heterocycles. The molecule has 0 aromatic heterocycles. The summed E-state index contributed by atoms with van der Waals surface area (Å²) in [6.07, 6.45) is 0.669. The number of hydrogen-bond acceptors (Lipinski definition) is 4. The van der Waals surface area contributed by atoms with Crippen LogP contribution in [0.5, 0.6) is 0 Å². The topological polar surface area (TPSA) is 75.3 Å². The van der Waals surface area contributed by atoms with E-state index in [1.807, 2.05) is 0 Å². The van der Waals surface area contributed by atoms with E-state index in [2.05, 4.69) is 10.6 Å². The molecule has 0 bridgehead atoms. The third-order valence-corrected chi connectivity index (χ3v) is 4.09. The maximum absolute atomic E-state index is 11.1. The van der Waals surface area contributed by atoms with Gasteiger partial charge in [0.25, 0.3) is 0 Å². The van der Waals surface area contributed by atoms with E-state index in [-0.39, 0.29) is 29.9 Å². The third kappa shape index (κ3) is 3.63. The van der Waals surface area contributed by atoms with Crippen LogP contribution in [-0.2, 0) is 14.6 Å². The minimum Gasteiger partial charge on any atom is -0.355 e. The van der Waals surface area contributed by atoms with Crippen molar-refractivity contribution in [3.05, 3.63) is 0 Å². The molecule has 1 amide bonds. The maximum Gasteiger partial charge on any atom is 0.233 e. The fraction of sp³-hybridized carbons (Fsp3) is 0.875. The molecule has 0 aromatic carbocycles. The Morgan fingerprint density at radius 2 is 2.21 bits per heavy atom. The first-order valence-electron chi connectivity index (χ1n) is 4.65. The summed E-state index contributed by atoms with van der Waals surface area (Å²) in [5.74, 6) is 0.490. The van der Waals surface area contributed by atoms with Gasteiger partial charge < -0.3 is 10.6 Å². The summed E-state index contributed by atoms with van der Waals surface area (Å²) in [4.78, 5) is 11.0. The molecule has 5 nitrogen and oxygen atoms in total. The van der Waals surface area contributed by atoms with Crippen LogP contribution in [-0.4, -0.2) is 46.0 Å². The van der Waals surface area contributed by atoms with Crippen molar-refractivity contribution in [1.82, 2.24) is 10.6 Å². The number of carbonyl (C=O) groups is 1. The highest BCUT2D eigenvalue weighted by Gasteiger charge is 2.27. The summed E-state index contributed by atoms with van der Waals surface area (Å²) in [6.45, 7) is 0.749. The third-order valence-electron chi connectivity index (χ3n) is 2.25. The van der Waals surface area contributed by atoms with Crippen LogP contribution < -0.4 is 10.6 Å². The zero-order valence-corrected chi connectivity index (χ0v) is 9.06. The van der Waals surface area contributed by atoms with Gasteiger partial charge in [-0.25, -0.2) is 8.42 Å². The zero-order chi connectivity index (χ0) is 10.6. The lowest BCUT2D eigenvalue weighted by Gasteiger charge is -2.08. The molecule has 1 saturated heterocycles. The predicted molar refractivity (Wildman–Crippen MR) is 53.7 cm³/mol. The second-order valence-corrected chi connectivity index (χ2v) is 5.83. The first kappa shape index (κ1) is 11.5. The van der Waals surface area contributed by atoms with E-state index in [1.54, 1.807) is 7.05 Å². The highest BCUT2D eigenvalue weighted by Crippen LogP contribution is 2.17.